The predicted molar refractivity (Wildman–Crippen MR) is 124 cm³/mol. The quantitative estimate of drug-likeness (QED) is 0.584. The lowest BCUT2D eigenvalue weighted by Gasteiger charge is -2.41. The van der Waals surface area contributed by atoms with Gasteiger partial charge in [-0.1, -0.05) is 53.5 Å². The number of benzene rings is 2. The molecule has 0 radical (unpaired) electrons. The van der Waals surface area contributed by atoms with E-state index in [1.54, 1.807) is 24.3 Å². The Hall–Kier alpha value is -2.37. The van der Waals surface area contributed by atoms with Crippen molar-refractivity contribution in [2.24, 2.45) is 5.73 Å². The summed E-state index contributed by atoms with van der Waals surface area (Å²) < 4.78 is 33.2. The molecule has 1 saturated heterocycles. The van der Waals surface area contributed by atoms with E-state index in [4.69, 9.17) is 33.7 Å². The average molecular weight is 515 g/mol. The van der Waals surface area contributed by atoms with Crippen LogP contribution < -0.4 is 11.1 Å². The van der Waals surface area contributed by atoms with E-state index < -0.39 is 28.2 Å². The molecule has 0 spiro atoms. The Labute approximate surface area is 202 Å². The summed E-state index contributed by atoms with van der Waals surface area (Å²) in [4.78, 5) is 26.9. The van der Waals surface area contributed by atoms with Crippen LogP contribution in [-0.2, 0) is 26.2 Å². The molecular formula is C21H24Cl2N4O5S. The lowest BCUT2D eigenvalue weighted by atomic mass is 10.2. The van der Waals surface area contributed by atoms with Crippen LogP contribution in [0.15, 0.2) is 53.4 Å². The summed E-state index contributed by atoms with van der Waals surface area (Å²) >= 11 is 11.9. The Kier molecular flexibility index (Phi) is 8.55. The van der Waals surface area contributed by atoms with Gasteiger partial charge in [0.05, 0.1) is 14.9 Å². The SMILES string of the molecule is NCCNC(=O)C1N(C(=O)OCc2ccccc2)CCCN1S(=O)(=O)c1ccc(Cl)c(Cl)c1. The first-order valence-corrected chi connectivity index (χ1v) is 12.4. The fourth-order valence-electron chi connectivity index (χ4n) is 3.37. The Morgan fingerprint density at radius 2 is 1.82 bits per heavy atom. The number of nitrogens with one attached hydrogen (secondary N) is 1. The first kappa shape index (κ1) is 25.3. The van der Waals surface area contributed by atoms with Crippen LogP contribution in [-0.4, -0.2) is 62.0 Å². The molecule has 3 N–H and O–H groups in total. The number of ether oxygens (including phenoxy) is 1. The minimum atomic E-state index is -4.21. The minimum Gasteiger partial charge on any atom is -0.444 e. The van der Waals surface area contributed by atoms with E-state index in [1.165, 1.54) is 18.2 Å². The van der Waals surface area contributed by atoms with Crippen molar-refractivity contribution in [2.45, 2.75) is 24.1 Å². The van der Waals surface area contributed by atoms with Gasteiger partial charge in [0, 0.05) is 26.2 Å². The number of halogens is 2. The zero-order valence-corrected chi connectivity index (χ0v) is 19.9. The minimum absolute atomic E-state index is 0.0196. The molecule has 0 bridgehead atoms. The number of rotatable bonds is 7. The molecule has 33 heavy (non-hydrogen) atoms. The van der Waals surface area contributed by atoms with Gasteiger partial charge in [-0.05, 0) is 30.2 Å². The van der Waals surface area contributed by atoms with Gasteiger partial charge in [0.15, 0.2) is 6.17 Å². The normalized spacial score (nSPS) is 16.9. The molecule has 2 aromatic rings. The van der Waals surface area contributed by atoms with E-state index >= 15 is 0 Å². The highest BCUT2D eigenvalue weighted by atomic mass is 35.5. The van der Waals surface area contributed by atoms with Gasteiger partial charge in [0.1, 0.15) is 6.61 Å². The third-order valence-corrected chi connectivity index (χ3v) is 7.55. The van der Waals surface area contributed by atoms with Crippen LogP contribution in [0.5, 0.6) is 0 Å². The van der Waals surface area contributed by atoms with Crippen LogP contribution in [0, 0.1) is 0 Å². The van der Waals surface area contributed by atoms with Crippen molar-refractivity contribution in [3.63, 3.8) is 0 Å². The summed E-state index contributed by atoms with van der Waals surface area (Å²) in [6, 6.07) is 12.9. The fraction of sp³-hybridized carbons (Fsp3) is 0.333. The Bertz CT molecular complexity index is 1100. The second kappa shape index (κ2) is 11.2. The van der Waals surface area contributed by atoms with Crippen molar-refractivity contribution in [1.82, 2.24) is 14.5 Å². The van der Waals surface area contributed by atoms with Crippen molar-refractivity contribution >= 4 is 45.2 Å². The highest BCUT2D eigenvalue weighted by Gasteiger charge is 2.44. The molecular weight excluding hydrogens is 491 g/mol. The molecule has 1 fully saturated rings. The van der Waals surface area contributed by atoms with E-state index in [1.807, 2.05) is 6.07 Å². The van der Waals surface area contributed by atoms with Gasteiger partial charge in [-0.2, -0.15) is 4.31 Å². The van der Waals surface area contributed by atoms with Gasteiger partial charge >= 0.3 is 6.09 Å². The van der Waals surface area contributed by atoms with Crippen LogP contribution in [0.1, 0.15) is 12.0 Å². The fourth-order valence-corrected chi connectivity index (χ4v) is 5.36. The lowest BCUT2D eigenvalue weighted by molar-refractivity contribution is -0.131. The molecule has 2 aromatic carbocycles. The molecule has 1 atom stereocenters. The number of nitrogens with zero attached hydrogens (tertiary/aromatic N) is 2. The molecule has 2 amide bonds. The molecule has 178 valence electrons. The molecule has 0 saturated carbocycles. The molecule has 1 heterocycles. The topological polar surface area (TPSA) is 122 Å². The van der Waals surface area contributed by atoms with Crippen LogP contribution in [0.3, 0.4) is 0 Å². The third kappa shape index (κ3) is 5.96. The van der Waals surface area contributed by atoms with Crippen molar-refractivity contribution < 1.29 is 22.7 Å². The largest absolute Gasteiger partial charge is 0.444 e. The van der Waals surface area contributed by atoms with Gasteiger partial charge in [0.25, 0.3) is 5.91 Å². The molecule has 9 nitrogen and oxygen atoms in total. The number of carbonyl (C=O) groups excluding carboxylic acids is 2. The van der Waals surface area contributed by atoms with Crippen molar-refractivity contribution in [2.75, 3.05) is 26.2 Å². The van der Waals surface area contributed by atoms with Gasteiger partial charge in [0.2, 0.25) is 10.0 Å². The zero-order chi connectivity index (χ0) is 24.0. The van der Waals surface area contributed by atoms with Gasteiger partial charge in [-0.15, -0.1) is 0 Å². The van der Waals surface area contributed by atoms with E-state index in [-0.39, 0.29) is 47.7 Å². The molecule has 0 aliphatic carbocycles. The Morgan fingerprint density at radius 1 is 1.09 bits per heavy atom. The molecule has 1 unspecified atom stereocenters. The van der Waals surface area contributed by atoms with Gasteiger partial charge in [-0.3, -0.25) is 9.69 Å². The average Bonchev–Trinajstić information content (AvgIpc) is 2.82. The highest BCUT2D eigenvalue weighted by molar-refractivity contribution is 7.89. The second-order valence-corrected chi connectivity index (χ2v) is 9.94. The number of carbonyl (C=O) groups is 2. The summed E-state index contributed by atoms with van der Waals surface area (Å²) in [6.45, 7) is 0.402. The van der Waals surface area contributed by atoms with Gasteiger partial charge in [-0.25, -0.2) is 13.2 Å². The van der Waals surface area contributed by atoms with E-state index in [2.05, 4.69) is 5.32 Å². The Morgan fingerprint density at radius 3 is 2.48 bits per heavy atom. The molecule has 12 heteroatoms. The number of amides is 2. The Balaban J connectivity index is 1.90. The highest BCUT2D eigenvalue weighted by Crippen LogP contribution is 2.29. The predicted octanol–water partition coefficient (Wildman–Crippen LogP) is 2.43. The number of sulfonamides is 1. The first-order chi connectivity index (χ1) is 15.8. The maximum Gasteiger partial charge on any atom is 0.411 e. The van der Waals surface area contributed by atoms with E-state index in [0.717, 1.165) is 14.8 Å². The standard InChI is InChI=1S/C21H24Cl2N4O5S/c22-17-8-7-16(13-18(17)23)33(30,31)27-12-4-11-26(20(27)19(28)25-10-9-24)21(29)32-14-15-5-2-1-3-6-15/h1-3,5-8,13,20H,4,9-12,14,24H2,(H,25,28). The second-order valence-electron chi connectivity index (χ2n) is 7.23. The summed E-state index contributed by atoms with van der Waals surface area (Å²) in [5.41, 5.74) is 6.23. The van der Waals surface area contributed by atoms with Crippen LogP contribution in [0.2, 0.25) is 10.0 Å². The molecule has 1 aliphatic heterocycles. The summed E-state index contributed by atoms with van der Waals surface area (Å²) in [7, 11) is -4.21. The van der Waals surface area contributed by atoms with Crippen LogP contribution in [0.4, 0.5) is 4.79 Å². The monoisotopic (exact) mass is 514 g/mol. The van der Waals surface area contributed by atoms with Gasteiger partial charge < -0.3 is 15.8 Å². The first-order valence-electron chi connectivity index (χ1n) is 10.2. The van der Waals surface area contributed by atoms with Crippen LogP contribution >= 0.6 is 23.2 Å². The van der Waals surface area contributed by atoms with E-state index in [0.29, 0.717) is 6.42 Å². The molecule has 1 aliphatic rings. The third-order valence-electron chi connectivity index (χ3n) is 4.96. The van der Waals surface area contributed by atoms with E-state index in [9.17, 15) is 18.0 Å². The number of nitrogens with two attached hydrogens (primary N) is 1. The smallest absolute Gasteiger partial charge is 0.411 e. The number of hydrogen-bond donors (Lipinski definition) is 2. The van der Waals surface area contributed by atoms with Crippen molar-refractivity contribution in [1.29, 1.82) is 0 Å². The number of hydrogen-bond acceptors (Lipinski definition) is 6. The van der Waals surface area contributed by atoms with Crippen LogP contribution in [0.25, 0.3) is 0 Å². The molecule has 3 rings (SSSR count). The maximum atomic E-state index is 13.4. The summed E-state index contributed by atoms with van der Waals surface area (Å²) in [5, 5.41) is 2.81. The summed E-state index contributed by atoms with van der Waals surface area (Å²) in [5.74, 6) is -0.680. The molecule has 0 aromatic heterocycles. The zero-order valence-electron chi connectivity index (χ0n) is 17.6. The lowest BCUT2D eigenvalue weighted by Crippen LogP contribution is -2.63. The van der Waals surface area contributed by atoms with Crippen molar-refractivity contribution in [3.8, 4) is 0 Å². The van der Waals surface area contributed by atoms with Crippen molar-refractivity contribution in [3.05, 3.63) is 64.1 Å². The maximum absolute atomic E-state index is 13.4. The summed E-state index contributed by atoms with van der Waals surface area (Å²) in [6.07, 6.45) is -1.95.